The smallest absolute Gasteiger partial charge is 0.267 e. The molecule has 0 bridgehead atoms. The lowest BCUT2D eigenvalue weighted by Crippen LogP contribution is -2.42. The lowest BCUT2D eigenvalue weighted by Gasteiger charge is -2.19. The third kappa shape index (κ3) is 5.23. The van der Waals surface area contributed by atoms with Crippen molar-refractivity contribution in [1.29, 1.82) is 0 Å². The van der Waals surface area contributed by atoms with E-state index in [1.165, 1.54) is 4.90 Å². The summed E-state index contributed by atoms with van der Waals surface area (Å²) in [7, 11) is 3.11. The molecule has 9 heteroatoms. The highest BCUT2D eigenvalue weighted by Gasteiger charge is 2.32. The lowest BCUT2D eigenvalue weighted by atomic mass is 10.0. The van der Waals surface area contributed by atoms with Gasteiger partial charge in [0.05, 0.1) is 24.4 Å². The molecule has 0 saturated carbocycles. The fourth-order valence-corrected chi connectivity index (χ4v) is 3.04. The van der Waals surface area contributed by atoms with Crippen LogP contribution < -0.4 is 10.1 Å². The molecule has 0 radical (unpaired) electrons. The summed E-state index contributed by atoms with van der Waals surface area (Å²) in [5.41, 5.74) is 2.14. The largest absolute Gasteiger partial charge is 0.497 e. The summed E-state index contributed by atoms with van der Waals surface area (Å²) >= 11 is 6.23. The Morgan fingerprint density at radius 3 is 2.79 bits per heavy atom. The first-order chi connectivity index (χ1) is 14.0. The van der Waals surface area contributed by atoms with Crippen molar-refractivity contribution in [2.24, 2.45) is 5.16 Å². The van der Waals surface area contributed by atoms with Gasteiger partial charge in [-0.1, -0.05) is 16.8 Å². The van der Waals surface area contributed by atoms with Crippen LogP contribution in [0.1, 0.15) is 17.5 Å². The van der Waals surface area contributed by atoms with E-state index >= 15 is 0 Å². The van der Waals surface area contributed by atoms with Crippen LogP contribution >= 0.6 is 11.6 Å². The van der Waals surface area contributed by atoms with E-state index in [1.807, 2.05) is 12.1 Å². The minimum Gasteiger partial charge on any atom is -0.497 e. The standard InChI is InChI=1S/C20H21ClN4O4/c1-25(12-19(26)23-11-13-5-7-22-8-6-13)20(27)18-10-17(24-29-18)15-9-14(28-2)3-4-16(15)21/h3-9,18H,10-12H2,1-2H3,(H,23,26). The van der Waals surface area contributed by atoms with Crippen LogP contribution in [0.2, 0.25) is 5.02 Å². The van der Waals surface area contributed by atoms with Crippen molar-refractivity contribution in [3.63, 3.8) is 0 Å². The van der Waals surface area contributed by atoms with Gasteiger partial charge in [0, 0.05) is 38.0 Å². The Balaban J connectivity index is 1.53. The number of hydrogen-bond donors (Lipinski definition) is 1. The highest BCUT2D eigenvalue weighted by atomic mass is 35.5. The van der Waals surface area contributed by atoms with Gasteiger partial charge < -0.3 is 19.8 Å². The van der Waals surface area contributed by atoms with Crippen LogP contribution in [0.5, 0.6) is 5.75 Å². The lowest BCUT2D eigenvalue weighted by molar-refractivity contribution is -0.143. The van der Waals surface area contributed by atoms with E-state index in [0.29, 0.717) is 28.6 Å². The normalized spacial score (nSPS) is 15.3. The number of methoxy groups -OCH3 is 1. The molecule has 1 aliphatic heterocycles. The second-order valence-corrected chi connectivity index (χ2v) is 6.92. The minimum atomic E-state index is -0.801. The number of pyridine rings is 1. The summed E-state index contributed by atoms with van der Waals surface area (Å²) < 4.78 is 5.20. The zero-order valence-electron chi connectivity index (χ0n) is 16.1. The molecule has 1 aliphatic rings. The first-order valence-electron chi connectivity index (χ1n) is 8.95. The Hall–Kier alpha value is -3.13. The molecule has 2 amide bonds. The molecule has 0 aliphatic carbocycles. The summed E-state index contributed by atoms with van der Waals surface area (Å²) in [6.07, 6.45) is 2.76. The summed E-state index contributed by atoms with van der Waals surface area (Å²) in [5, 5.41) is 7.26. The Morgan fingerprint density at radius 2 is 2.07 bits per heavy atom. The summed E-state index contributed by atoms with van der Waals surface area (Å²) in [6.45, 7) is 0.282. The van der Waals surface area contributed by atoms with Crippen molar-refractivity contribution in [3.05, 3.63) is 58.9 Å². The Labute approximate surface area is 173 Å². The summed E-state index contributed by atoms with van der Waals surface area (Å²) in [4.78, 5) is 35.3. The van der Waals surface area contributed by atoms with Crippen molar-refractivity contribution >= 4 is 29.1 Å². The molecule has 8 nitrogen and oxygen atoms in total. The summed E-state index contributed by atoms with van der Waals surface area (Å²) in [5.74, 6) is 0.0272. The fourth-order valence-electron chi connectivity index (χ4n) is 2.82. The van der Waals surface area contributed by atoms with Gasteiger partial charge in [-0.25, -0.2) is 0 Å². The number of carbonyl (C=O) groups excluding carboxylic acids is 2. The second kappa shape index (κ2) is 9.38. The third-order valence-electron chi connectivity index (χ3n) is 4.42. The number of oxime groups is 1. The van der Waals surface area contributed by atoms with Gasteiger partial charge in [-0.3, -0.25) is 14.6 Å². The van der Waals surface area contributed by atoms with E-state index < -0.39 is 6.10 Å². The van der Waals surface area contributed by atoms with Crippen LogP contribution in [-0.2, 0) is 21.0 Å². The number of likely N-dealkylation sites (N-methyl/N-ethyl adjacent to an activating group) is 1. The Bertz CT molecular complexity index is 920. The van der Waals surface area contributed by atoms with E-state index in [2.05, 4.69) is 15.5 Å². The average Bonchev–Trinajstić information content (AvgIpc) is 3.22. The molecule has 3 rings (SSSR count). The number of aromatic nitrogens is 1. The predicted octanol–water partition coefficient (Wildman–Crippen LogP) is 2.01. The van der Waals surface area contributed by atoms with Crippen LogP contribution in [0.3, 0.4) is 0 Å². The molecule has 0 fully saturated rings. The number of amides is 2. The number of nitrogens with zero attached hydrogens (tertiary/aromatic N) is 3. The molecule has 1 aromatic heterocycles. The second-order valence-electron chi connectivity index (χ2n) is 6.51. The number of nitrogens with one attached hydrogen (secondary N) is 1. The molecule has 29 heavy (non-hydrogen) atoms. The molecule has 2 aromatic rings. The highest BCUT2D eigenvalue weighted by molar-refractivity contribution is 6.34. The van der Waals surface area contributed by atoms with E-state index in [9.17, 15) is 9.59 Å². The van der Waals surface area contributed by atoms with Gasteiger partial charge in [0.1, 0.15) is 5.75 Å². The molecule has 1 aromatic carbocycles. The van der Waals surface area contributed by atoms with Crippen molar-refractivity contribution in [2.75, 3.05) is 20.7 Å². The maximum absolute atomic E-state index is 12.6. The molecule has 152 valence electrons. The zero-order valence-corrected chi connectivity index (χ0v) is 16.8. The predicted molar refractivity (Wildman–Crippen MR) is 108 cm³/mol. The van der Waals surface area contributed by atoms with E-state index in [0.717, 1.165) is 5.56 Å². The van der Waals surface area contributed by atoms with Crippen LogP contribution in [0.15, 0.2) is 47.9 Å². The maximum atomic E-state index is 12.6. The van der Waals surface area contributed by atoms with Gasteiger partial charge in [0.15, 0.2) is 0 Å². The number of carbonyl (C=O) groups is 2. The number of hydrogen-bond acceptors (Lipinski definition) is 6. The number of ether oxygens (including phenoxy) is 1. The first kappa shape index (κ1) is 20.6. The molecule has 1 atom stereocenters. The average molecular weight is 417 g/mol. The fraction of sp³-hybridized carbons (Fsp3) is 0.300. The first-order valence-corrected chi connectivity index (χ1v) is 9.33. The Morgan fingerprint density at radius 1 is 1.31 bits per heavy atom. The number of benzene rings is 1. The molecular formula is C20H21ClN4O4. The number of rotatable bonds is 7. The molecule has 2 heterocycles. The zero-order chi connectivity index (χ0) is 20.8. The van der Waals surface area contributed by atoms with Crippen molar-refractivity contribution < 1.29 is 19.2 Å². The van der Waals surface area contributed by atoms with E-state index in [-0.39, 0.29) is 24.8 Å². The van der Waals surface area contributed by atoms with Gasteiger partial charge in [0.25, 0.3) is 5.91 Å². The molecule has 1 N–H and O–H groups in total. The number of halogens is 1. The van der Waals surface area contributed by atoms with Gasteiger partial charge >= 0.3 is 0 Å². The summed E-state index contributed by atoms with van der Waals surface area (Å²) in [6, 6.07) is 8.80. The molecule has 1 unspecified atom stereocenters. The van der Waals surface area contributed by atoms with Gasteiger partial charge in [-0.15, -0.1) is 0 Å². The molecular weight excluding hydrogens is 396 g/mol. The van der Waals surface area contributed by atoms with Crippen LogP contribution in [0.25, 0.3) is 0 Å². The molecule has 0 spiro atoms. The quantitative estimate of drug-likeness (QED) is 0.745. The molecule has 0 saturated heterocycles. The topological polar surface area (TPSA) is 93.1 Å². The van der Waals surface area contributed by atoms with Crippen molar-refractivity contribution in [2.45, 2.75) is 19.1 Å². The van der Waals surface area contributed by atoms with Gasteiger partial charge in [-0.05, 0) is 35.9 Å². The Kier molecular flexibility index (Phi) is 6.66. The monoisotopic (exact) mass is 416 g/mol. The van der Waals surface area contributed by atoms with Crippen molar-refractivity contribution in [1.82, 2.24) is 15.2 Å². The highest BCUT2D eigenvalue weighted by Crippen LogP contribution is 2.27. The van der Waals surface area contributed by atoms with E-state index in [4.69, 9.17) is 21.2 Å². The van der Waals surface area contributed by atoms with Gasteiger partial charge in [-0.2, -0.15) is 0 Å². The van der Waals surface area contributed by atoms with Crippen LogP contribution in [-0.4, -0.2) is 54.2 Å². The SMILES string of the molecule is COc1ccc(Cl)c(C2=NOC(C(=O)N(C)CC(=O)NCc3ccncc3)C2)c1. The third-order valence-corrected chi connectivity index (χ3v) is 4.75. The maximum Gasteiger partial charge on any atom is 0.267 e. The van der Waals surface area contributed by atoms with Crippen LogP contribution in [0, 0.1) is 0 Å². The minimum absolute atomic E-state index is 0.0843. The van der Waals surface area contributed by atoms with Crippen LogP contribution in [0.4, 0.5) is 0 Å². The van der Waals surface area contributed by atoms with Gasteiger partial charge in [0.2, 0.25) is 12.0 Å². The van der Waals surface area contributed by atoms with E-state index in [1.54, 1.807) is 44.8 Å². The van der Waals surface area contributed by atoms with Crippen molar-refractivity contribution in [3.8, 4) is 5.75 Å².